The van der Waals surface area contributed by atoms with Crippen molar-refractivity contribution in [1.82, 2.24) is 18.8 Å². The van der Waals surface area contributed by atoms with Crippen molar-refractivity contribution in [2.24, 2.45) is 0 Å². The van der Waals surface area contributed by atoms with E-state index in [0.717, 1.165) is 22.5 Å². The van der Waals surface area contributed by atoms with Crippen molar-refractivity contribution in [3.63, 3.8) is 0 Å². The lowest BCUT2D eigenvalue weighted by molar-refractivity contribution is 1.10. The molecule has 110 valence electrons. The number of fused-ring (bicyclic) bond motifs is 2. The number of anilines is 4. The van der Waals surface area contributed by atoms with Crippen molar-refractivity contribution in [2.45, 2.75) is 0 Å². The van der Waals surface area contributed by atoms with Crippen LogP contribution in [0.5, 0.6) is 0 Å². The maximum atomic E-state index is 5.75. The van der Waals surface area contributed by atoms with Gasteiger partial charge in [-0.2, -0.15) is 0 Å². The molecule has 0 amide bonds. The number of aromatic nitrogens is 4. The second-order valence-electron chi connectivity index (χ2n) is 5.01. The van der Waals surface area contributed by atoms with Crippen LogP contribution in [0.15, 0.2) is 49.3 Å². The van der Waals surface area contributed by atoms with Crippen LogP contribution in [-0.4, -0.2) is 18.8 Å². The fourth-order valence-electron chi connectivity index (χ4n) is 2.32. The van der Waals surface area contributed by atoms with Gasteiger partial charge in [-0.3, -0.25) is 10.9 Å². The minimum atomic E-state index is 0.491. The van der Waals surface area contributed by atoms with Crippen LogP contribution in [-0.2, 0) is 0 Å². The molecule has 0 spiro atoms. The average Bonchev–Trinajstić information content (AvgIpc) is 3.05. The summed E-state index contributed by atoms with van der Waals surface area (Å²) in [6, 6.07) is 5.58. The Bertz CT molecular complexity index is 965. The first kappa shape index (κ1) is 12.3. The Morgan fingerprint density at radius 3 is 2.59 bits per heavy atom. The van der Waals surface area contributed by atoms with Crippen LogP contribution < -0.4 is 22.3 Å². The van der Waals surface area contributed by atoms with Crippen molar-refractivity contribution in [2.75, 3.05) is 22.3 Å². The number of nitrogens with two attached hydrogens (primary N) is 2. The van der Waals surface area contributed by atoms with E-state index < -0.39 is 0 Å². The Kier molecular flexibility index (Phi) is 2.55. The maximum absolute atomic E-state index is 5.75. The first-order valence-electron chi connectivity index (χ1n) is 6.66. The van der Waals surface area contributed by atoms with E-state index in [1.165, 1.54) is 0 Å². The van der Waals surface area contributed by atoms with Gasteiger partial charge in [0.15, 0.2) is 0 Å². The Hall–Kier alpha value is -3.42. The predicted octanol–water partition coefficient (Wildman–Crippen LogP) is 1.59. The Balaban J connectivity index is 1.56. The zero-order valence-corrected chi connectivity index (χ0v) is 11.6. The lowest BCUT2D eigenvalue weighted by Crippen LogP contribution is -2.08. The summed E-state index contributed by atoms with van der Waals surface area (Å²) in [5, 5.41) is 0. The summed E-state index contributed by atoms with van der Waals surface area (Å²) in [4.78, 5) is 8.36. The molecular weight excluding hydrogens is 280 g/mol. The standard InChI is InChI=1S/C14H14N8/c15-9-1-14-17-4-11(7-21(14)5-9)20-19-10-2-12-3-13(16)18-8-22(12)6-10/h1-8,19-20H,15-16H2. The van der Waals surface area contributed by atoms with E-state index in [-0.39, 0.29) is 0 Å². The molecule has 0 aliphatic rings. The van der Waals surface area contributed by atoms with Gasteiger partial charge in [-0.25, -0.2) is 9.97 Å². The summed E-state index contributed by atoms with van der Waals surface area (Å²) < 4.78 is 3.74. The molecule has 0 aromatic carbocycles. The molecule has 8 nitrogen and oxygen atoms in total. The van der Waals surface area contributed by atoms with Crippen LogP contribution >= 0.6 is 0 Å². The quantitative estimate of drug-likeness (QED) is 0.427. The Labute approximate surface area is 125 Å². The van der Waals surface area contributed by atoms with Crippen LogP contribution in [0.4, 0.5) is 22.9 Å². The molecule has 4 aromatic rings. The van der Waals surface area contributed by atoms with E-state index in [0.29, 0.717) is 11.5 Å². The highest BCUT2D eigenvalue weighted by atomic mass is 15.4. The van der Waals surface area contributed by atoms with Gasteiger partial charge in [-0.15, -0.1) is 0 Å². The Morgan fingerprint density at radius 1 is 0.864 bits per heavy atom. The number of hydrogen-bond donors (Lipinski definition) is 4. The second kappa shape index (κ2) is 4.55. The van der Waals surface area contributed by atoms with E-state index in [2.05, 4.69) is 20.8 Å². The van der Waals surface area contributed by atoms with Gasteiger partial charge in [-0.1, -0.05) is 0 Å². The molecule has 0 bridgehead atoms. The molecule has 6 N–H and O–H groups in total. The van der Waals surface area contributed by atoms with E-state index in [4.69, 9.17) is 11.5 Å². The van der Waals surface area contributed by atoms with Gasteiger partial charge < -0.3 is 20.3 Å². The molecule has 8 heteroatoms. The molecule has 0 saturated carbocycles. The SMILES string of the molecule is Nc1cc2ncc(NNc3cc4cc(N)ncn4c3)cn2c1. The van der Waals surface area contributed by atoms with E-state index in [9.17, 15) is 0 Å². The fraction of sp³-hybridized carbons (Fsp3) is 0. The topological polar surface area (TPSA) is 111 Å². The highest BCUT2D eigenvalue weighted by molar-refractivity contribution is 5.65. The molecule has 0 aliphatic carbocycles. The monoisotopic (exact) mass is 294 g/mol. The van der Waals surface area contributed by atoms with Gasteiger partial charge in [0.05, 0.1) is 28.8 Å². The summed E-state index contributed by atoms with van der Waals surface area (Å²) in [7, 11) is 0. The third-order valence-electron chi connectivity index (χ3n) is 3.32. The highest BCUT2D eigenvalue weighted by Gasteiger charge is 2.02. The van der Waals surface area contributed by atoms with Gasteiger partial charge in [0, 0.05) is 30.7 Å². The minimum Gasteiger partial charge on any atom is -0.397 e. The van der Waals surface area contributed by atoms with Gasteiger partial charge in [0.25, 0.3) is 0 Å². The van der Waals surface area contributed by atoms with Crippen LogP contribution in [0.25, 0.3) is 11.2 Å². The van der Waals surface area contributed by atoms with E-state index in [1.807, 2.05) is 39.5 Å². The number of nitrogen functional groups attached to an aromatic ring is 2. The molecule has 0 aliphatic heterocycles. The molecule has 0 fully saturated rings. The van der Waals surface area contributed by atoms with Crippen molar-refractivity contribution in [1.29, 1.82) is 0 Å². The molecular formula is C14H14N8. The van der Waals surface area contributed by atoms with Crippen molar-refractivity contribution >= 4 is 34.0 Å². The van der Waals surface area contributed by atoms with Crippen LogP contribution in [0.2, 0.25) is 0 Å². The normalized spacial score (nSPS) is 11.1. The molecule has 4 heterocycles. The summed E-state index contributed by atoms with van der Waals surface area (Å²) in [5.74, 6) is 0.491. The van der Waals surface area contributed by atoms with Gasteiger partial charge in [0.1, 0.15) is 17.8 Å². The summed E-state index contributed by atoms with van der Waals surface area (Å²) in [5.41, 5.74) is 21.8. The summed E-state index contributed by atoms with van der Waals surface area (Å²) in [6.45, 7) is 0. The number of hydrazine groups is 1. The first-order valence-corrected chi connectivity index (χ1v) is 6.66. The van der Waals surface area contributed by atoms with Crippen molar-refractivity contribution < 1.29 is 0 Å². The smallest absolute Gasteiger partial charge is 0.138 e. The van der Waals surface area contributed by atoms with Gasteiger partial charge in [0.2, 0.25) is 0 Å². The van der Waals surface area contributed by atoms with Crippen LogP contribution in [0.1, 0.15) is 0 Å². The minimum absolute atomic E-state index is 0.491. The molecule has 0 saturated heterocycles. The number of nitrogens with zero attached hydrogens (tertiary/aromatic N) is 4. The van der Waals surface area contributed by atoms with E-state index >= 15 is 0 Å². The third kappa shape index (κ3) is 2.12. The maximum Gasteiger partial charge on any atom is 0.138 e. The summed E-state index contributed by atoms with van der Waals surface area (Å²) in [6.07, 6.45) is 9.03. The highest BCUT2D eigenvalue weighted by Crippen LogP contribution is 2.17. The molecule has 4 rings (SSSR count). The number of nitrogens with one attached hydrogen (secondary N) is 2. The average molecular weight is 294 g/mol. The van der Waals surface area contributed by atoms with Crippen LogP contribution in [0, 0.1) is 0 Å². The fourth-order valence-corrected chi connectivity index (χ4v) is 2.32. The lowest BCUT2D eigenvalue weighted by Gasteiger charge is -2.07. The molecule has 22 heavy (non-hydrogen) atoms. The Morgan fingerprint density at radius 2 is 1.68 bits per heavy atom. The molecule has 4 aromatic heterocycles. The van der Waals surface area contributed by atoms with E-state index in [1.54, 1.807) is 18.6 Å². The predicted molar refractivity (Wildman–Crippen MR) is 86.5 cm³/mol. The zero-order valence-electron chi connectivity index (χ0n) is 11.6. The molecule has 0 unspecified atom stereocenters. The molecule has 0 atom stereocenters. The first-order chi connectivity index (χ1) is 10.7. The van der Waals surface area contributed by atoms with Gasteiger partial charge >= 0.3 is 0 Å². The number of hydrogen-bond acceptors (Lipinski definition) is 6. The largest absolute Gasteiger partial charge is 0.397 e. The molecule has 0 radical (unpaired) electrons. The number of rotatable bonds is 3. The van der Waals surface area contributed by atoms with Crippen LogP contribution in [0.3, 0.4) is 0 Å². The second-order valence-corrected chi connectivity index (χ2v) is 5.01. The summed E-state index contributed by atoms with van der Waals surface area (Å²) >= 11 is 0. The third-order valence-corrected chi connectivity index (χ3v) is 3.32. The van der Waals surface area contributed by atoms with Crippen molar-refractivity contribution in [3.05, 3.63) is 49.3 Å². The van der Waals surface area contributed by atoms with Gasteiger partial charge in [-0.05, 0) is 6.07 Å². The van der Waals surface area contributed by atoms with Crippen molar-refractivity contribution in [3.8, 4) is 0 Å². The zero-order chi connectivity index (χ0) is 15.1. The lowest BCUT2D eigenvalue weighted by atomic mass is 10.4.